The molecule has 0 aromatic heterocycles. The van der Waals surface area contributed by atoms with E-state index >= 15 is 0 Å². The van der Waals surface area contributed by atoms with Gasteiger partial charge in [-0.1, -0.05) is 0 Å². The standard InChI is InChI=1S/C11H22N2O2/c1-9(2)12-11(14)13(3)8-10-4-6-15-7-5-10/h9-10H,4-8H2,1-3H3,(H,12,14). The van der Waals surface area contributed by atoms with Crippen LogP contribution in [0.15, 0.2) is 0 Å². The minimum absolute atomic E-state index is 0.0245. The number of hydrogen-bond donors (Lipinski definition) is 1. The number of nitrogens with one attached hydrogen (secondary N) is 1. The van der Waals surface area contributed by atoms with Gasteiger partial charge in [-0.3, -0.25) is 0 Å². The summed E-state index contributed by atoms with van der Waals surface area (Å²) in [6, 6.07) is 0.228. The Morgan fingerprint density at radius 3 is 2.60 bits per heavy atom. The topological polar surface area (TPSA) is 41.6 Å². The smallest absolute Gasteiger partial charge is 0.317 e. The molecule has 1 aliphatic rings. The van der Waals surface area contributed by atoms with E-state index in [0.717, 1.165) is 32.6 Å². The predicted octanol–water partition coefficient (Wildman–Crippen LogP) is 1.46. The van der Waals surface area contributed by atoms with Gasteiger partial charge in [0.25, 0.3) is 0 Å². The van der Waals surface area contributed by atoms with Crippen LogP contribution >= 0.6 is 0 Å². The third-order valence-electron chi connectivity index (χ3n) is 2.63. The van der Waals surface area contributed by atoms with Gasteiger partial charge >= 0.3 is 6.03 Å². The first-order chi connectivity index (χ1) is 7.09. The summed E-state index contributed by atoms with van der Waals surface area (Å²) in [6.45, 7) is 6.46. The lowest BCUT2D eigenvalue weighted by atomic mass is 10.00. The minimum atomic E-state index is 0.0245. The van der Waals surface area contributed by atoms with Crippen LogP contribution in [0.5, 0.6) is 0 Å². The van der Waals surface area contributed by atoms with Crippen LogP contribution < -0.4 is 5.32 Å². The Hall–Kier alpha value is -0.770. The molecule has 1 aliphatic heterocycles. The van der Waals surface area contributed by atoms with Crippen LogP contribution in [0.1, 0.15) is 26.7 Å². The lowest BCUT2D eigenvalue weighted by Gasteiger charge is -2.27. The molecular formula is C11H22N2O2. The largest absolute Gasteiger partial charge is 0.381 e. The van der Waals surface area contributed by atoms with Crippen molar-refractivity contribution in [2.75, 3.05) is 26.8 Å². The van der Waals surface area contributed by atoms with Gasteiger partial charge in [0.05, 0.1) is 0 Å². The summed E-state index contributed by atoms with van der Waals surface area (Å²) in [5, 5.41) is 2.89. The normalized spacial score (nSPS) is 17.9. The van der Waals surface area contributed by atoms with Crippen LogP contribution in [0.3, 0.4) is 0 Å². The second kappa shape index (κ2) is 5.95. The maximum absolute atomic E-state index is 11.6. The minimum Gasteiger partial charge on any atom is -0.381 e. The van der Waals surface area contributed by atoms with E-state index in [4.69, 9.17) is 4.74 Å². The SMILES string of the molecule is CC(C)NC(=O)N(C)CC1CCOCC1. The van der Waals surface area contributed by atoms with E-state index in [2.05, 4.69) is 5.32 Å². The second-order valence-corrected chi connectivity index (χ2v) is 4.54. The molecule has 0 aliphatic carbocycles. The highest BCUT2D eigenvalue weighted by Gasteiger charge is 2.18. The Balaban J connectivity index is 2.26. The quantitative estimate of drug-likeness (QED) is 0.773. The van der Waals surface area contributed by atoms with Gasteiger partial charge in [-0.2, -0.15) is 0 Å². The van der Waals surface area contributed by atoms with Crippen molar-refractivity contribution in [1.82, 2.24) is 10.2 Å². The van der Waals surface area contributed by atoms with Crippen molar-refractivity contribution in [2.24, 2.45) is 5.92 Å². The maximum Gasteiger partial charge on any atom is 0.317 e. The number of nitrogens with zero attached hydrogens (tertiary/aromatic N) is 1. The molecule has 0 atom stereocenters. The first kappa shape index (κ1) is 12.3. The lowest BCUT2D eigenvalue weighted by molar-refractivity contribution is 0.0585. The molecule has 0 saturated carbocycles. The number of amides is 2. The first-order valence-corrected chi connectivity index (χ1v) is 5.69. The Morgan fingerprint density at radius 1 is 1.47 bits per heavy atom. The van der Waals surface area contributed by atoms with Crippen molar-refractivity contribution in [3.63, 3.8) is 0 Å². The van der Waals surface area contributed by atoms with Crippen molar-refractivity contribution in [1.29, 1.82) is 0 Å². The van der Waals surface area contributed by atoms with Crippen molar-refractivity contribution >= 4 is 6.03 Å². The molecule has 0 unspecified atom stereocenters. The molecule has 4 nitrogen and oxygen atoms in total. The van der Waals surface area contributed by atoms with Gasteiger partial charge in [0.15, 0.2) is 0 Å². The first-order valence-electron chi connectivity index (χ1n) is 5.69. The molecule has 0 spiro atoms. The number of urea groups is 1. The Kier molecular flexibility index (Phi) is 4.88. The Morgan fingerprint density at radius 2 is 2.07 bits per heavy atom. The Labute approximate surface area is 92.0 Å². The van der Waals surface area contributed by atoms with Crippen LogP contribution in [-0.2, 0) is 4.74 Å². The molecule has 0 aromatic carbocycles. The average Bonchev–Trinajstić information content (AvgIpc) is 2.18. The summed E-state index contributed by atoms with van der Waals surface area (Å²) < 4.78 is 5.29. The monoisotopic (exact) mass is 214 g/mol. The van der Waals surface area contributed by atoms with Crippen LogP contribution in [0.4, 0.5) is 4.79 Å². The van der Waals surface area contributed by atoms with Crippen LogP contribution in [0, 0.1) is 5.92 Å². The maximum atomic E-state index is 11.6. The van der Waals surface area contributed by atoms with Gasteiger partial charge in [-0.05, 0) is 32.6 Å². The summed E-state index contributed by atoms with van der Waals surface area (Å²) in [5.74, 6) is 0.599. The number of hydrogen-bond acceptors (Lipinski definition) is 2. The molecule has 0 bridgehead atoms. The Bertz CT molecular complexity index is 201. The zero-order valence-electron chi connectivity index (χ0n) is 9.95. The predicted molar refractivity (Wildman–Crippen MR) is 59.8 cm³/mol. The van der Waals surface area contributed by atoms with Gasteiger partial charge in [0, 0.05) is 32.8 Å². The number of carbonyl (C=O) groups is 1. The fourth-order valence-electron chi connectivity index (χ4n) is 1.76. The third kappa shape index (κ3) is 4.51. The molecule has 0 radical (unpaired) electrons. The molecule has 1 N–H and O–H groups in total. The summed E-state index contributed by atoms with van der Waals surface area (Å²) in [6.07, 6.45) is 2.14. The molecule has 1 heterocycles. The molecule has 1 rings (SSSR count). The van der Waals surface area contributed by atoms with E-state index in [9.17, 15) is 4.79 Å². The van der Waals surface area contributed by atoms with Gasteiger partial charge in [-0.25, -0.2) is 4.79 Å². The van der Waals surface area contributed by atoms with Gasteiger partial charge in [-0.15, -0.1) is 0 Å². The second-order valence-electron chi connectivity index (χ2n) is 4.54. The molecule has 1 fully saturated rings. The molecule has 1 saturated heterocycles. The van der Waals surface area contributed by atoms with Crippen molar-refractivity contribution in [2.45, 2.75) is 32.7 Å². The third-order valence-corrected chi connectivity index (χ3v) is 2.63. The van der Waals surface area contributed by atoms with Crippen LogP contribution in [0.2, 0.25) is 0 Å². The number of ether oxygens (including phenoxy) is 1. The van der Waals surface area contributed by atoms with Gasteiger partial charge < -0.3 is 15.0 Å². The molecule has 2 amide bonds. The lowest BCUT2D eigenvalue weighted by Crippen LogP contribution is -2.43. The summed E-state index contributed by atoms with van der Waals surface area (Å²) in [5.41, 5.74) is 0. The zero-order valence-corrected chi connectivity index (χ0v) is 9.95. The van der Waals surface area contributed by atoms with Crippen molar-refractivity contribution < 1.29 is 9.53 Å². The van der Waals surface area contributed by atoms with Crippen molar-refractivity contribution in [3.8, 4) is 0 Å². The van der Waals surface area contributed by atoms with Crippen LogP contribution in [0.25, 0.3) is 0 Å². The molecule has 4 heteroatoms. The fraction of sp³-hybridized carbons (Fsp3) is 0.909. The van der Waals surface area contributed by atoms with E-state index in [1.165, 1.54) is 0 Å². The van der Waals surface area contributed by atoms with Gasteiger partial charge in [0.2, 0.25) is 0 Å². The number of rotatable bonds is 3. The van der Waals surface area contributed by atoms with E-state index in [0.29, 0.717) is 5.92 Å². The van der Waals surface area contributed by atoms with E-state index < -0.39 is 0 Å². The van der Waals surface area contributed by atoms with E-state index in [-0.39, 0.29) is 12.1 Å². The highest BCUT2D eigenvalue weighted by atomic mass is 16.5. The highest BCUT2D eigenvalue weighted by Crippen LogP contribution is 2.15. The molecule has 88 valence electrons. The summed E-state index contributed by atoms with van der Waals surface area (Å²) in [7, 11) is 1.85. The van der Waals surface area contributed by atoms with Gasteiger partial charge in [0.1, 0.15) is 0 Å². The number of carbonyl (C=O) groups excluding carboxylic acids is 1. The average molecular weight is 214 g/mol. The summed E-state index contributed by atoms with van der Waals surface area (Å²) in [4.78, 5) is 13.4. The zero-order chi connectivity index (χ0) is 11.3. The highest BCUT2D eigenvalue weighted by molar-refractivity contribution is 5.74. The summed E-state index contributed by atoms with van der Waals surface area (Å²) >= 11 is 0. The van der Waals surface area contributed by atoms with E-state index in [1.54, 1.807) is 4.90 Å². The molecular weight excluding hydrogens is 192 g/mol. The van der Waals surface area contributed by atoms with Crippen molar-refractivity contribution in [3.05, 3.63) is 0 Å². The fourth-order valence-corrected chi connectivity index (χ4v) is 1.76. The van der Waals surface area contributed by atoms with Crippen LogP contribution in [-0.4, -0.2) is 43.8 Å². The molecule has 15 heavy (non-hydrogen) atoms. The molecule has 0 aromatic rings. The van der Waals surface area contributed by atoms with E-state index in [1.807, 2.05) is 20.9 Å².